The van der Waals surface area contributed by atoms with Crippen LogP contribution in [0.5, 0.6) is 0 Å². The molecule has 0 spiro atoms. The van der Waals surface area contributed by atoms with Gasteiger partial charge in [0, 0.05) is 17.8 Å². The van der Waals surface area contributed by atoms with Gasteiger partial charge in [-0.2, -0.15) is 4.72 Å². The lowest BCUT2D eigenvalue weighted by atomic mass is 9.98. The van der Waals surface area contributed by atoms with E-state index in [1.165, 1.54) is 34.4 Å². The maximum atomic E-state index is 13.6. The third-order valence-corrected chi connectivity index (χ3v) is 8.46. The van der Waals surface area contributed by atoms with Crippen molar-refractivity contribution in [1.82, 2.24) is 4.72 Å². The van der Waals surface area contributed by atoms with Crippen molar-refractivity contribution in [2.24, 2.45) is 0 Å². The first-order valence-electron chi connectivity index (χ1n) is 12.1. The molecule has 186 valence electrons. The van der Waals surface area contributed by atoms with Gasteiger partial charge in [0.05, 0.1) is 9.82 Å². The number of aryl methyl sites for hydroxylation is 2. The SMILES string of the molecule is O=C(Nc1c2c(cc3c1CCC3)CCC2)[C@@H](Cc1ccccc1)NS(=O)(=O)c1ccc([N+](=O)[O-])cc1. The van der Waals surface area contributed by atoms with Crippen LogP contribution >= 0.6 is 0 Å². The predicted octanol–water partition coefficient (Wildman–Crippen LogP) is 4.10. The molecule has 2 aliphatic carbocycles. The van der Waals surface area contributed by atoms with Crippen LogP contribution in [0.1, 0.15) is 40.7 Å². The summed E-state index contributed by atoms with van der Waals surface area (Å²) in [6, 6.07) is 15.1. The Bertz CT molecular complexity index is 1390. The number of hydrogen-bond acceptors (Lipinski definition) is 5. The Morgan fingerprint density at radius 2 is 1.53 bits per heavy atom. The molecule has 2 N–H and O–H groups in total. The molecule has 5 rings (SSSR count). The van der Waals surface area contributed by atoms with Crippen LogP contribution < -0.4 is 10.0 Å². The molecule has 9 heteroatoms. The number of non-ortho nitro benzene ring substituents is 1. The third-order valence-electron chi connectivity index (χ3n) is 6.98. The van der Waals surface area contributed by atoms with E-state index < -0.39 is 26.9 Å². The number of nitro benzene ring substituents is 1. The third kappa shape index (κ3) is 4.89. The molecular weight excluding hydrogens is 478 g/mol. The number of nitrogens with zero attached hydrogens (tertiary/aromatic N) is 1. The second-order valence-electron chi connectivity index (χ2n) is 9.34. The van der Waals surface area contributed by atoms with Crippen LogP contribution in [0.15, 0.2) is 65.6 Å². The number of amides is 1. The van der Waals surface area contributed by atoms with E-state index in [9.17, 15) is 23.3 Å². The molecule has 1 atom stereocenters. The zero-order valence-electron chi connectivity index (χ0n) is 19.7. The van der Waals surface area contributed by atoms with Crippen molar-refractivity contribution in [2.45, 2.75) is 55.9 Å². The monoisotopic (exact) mass is 505 g/mol. The molecule has 3 aromatic rings. The van der Waals surface area contributed by atoms with Crippen molar-refractivity contribution >= 4 is 27.3 Å². The largest absolute Gasteiger partial charge is 0.324 e. The van der Waals surface area contributed by atoms with Gasteiger partial charge in [0.25, 0.3) is 5.69 Å². The molecule has 0 saturated carbocycles. The molecule has 36 heavy (non-hydrogen) atoms. The van der Waals surface area contributed by atoms with Crippen LogP contribution in [0, 0.1) is 10.1 Å². The van der Waals surface area contributed by atoms with Crippen LogP contribution in [-0.4, -0.2) is 25.3 Å². The van der Waals surface area contributed by atoms with Crippen molar-refractivity contribution in [3.8, 4) is 0 Å². The smallest absolute Gasteiger partial charge is 0.269 e. The summed E-state index contributed by atoms with van der Waals surface area (Å²) in [4.78, 5) is 23.9. The number of carbonyl (C=O) groups is 1. The predicted molar refractivity (Wildman–Crippen MR) is 136 cm³/mol. The highest BCUT2D eigenvalue weighted by Gasteiger charge is 2.30. The zero-order chi connectivity index (χ0) is 25.3. The van der Waals surface area contributed by atoms with E-state index >= 15 is 0 Å². The number of rotatable bonds is 8. The fraction of sp³-hybridized carbons (Fsp3) is 0.296. The van der Waals surface area contributed by atoms with Crippen LogP contribution in [0.25, 0.3) is 0 Å². The van der Waals surface area contributed by atoms with E-state index in [1.54, 1.807) is 0 Å². The maximum Gasteiger partial charge on any atom is 0.269 e. The average Bonchev–Trinajstić information content (AvgIpc) is 3.53. The highest BCUT2D eigenvalue weighted by atomic mass is 32.2. The quantitative estimate of drug-likeness (QED) is 0.353. The maximum absolute atomic E-state index is 13.6. The minimum atomic E-state index is -4.12. The molecular formula is C27H27N3O5S. The summed E-state index contributed by atoms with van der Waals surface area (Å²) in [5.74, 6) is -0.418. The molecule has 1 amide bonds. The van der Waals surface area contributed by atoms with Crippen molar-refractivity contribution in [1.29, 1.82) is 0 Å². The van der Waals surface area contributed by atoms with Gasteiger partial charge in [-0.3, -0.25) is 14.9 Å². The number of anilines is 1. The molecule has 0 radical (unpaired) electrons. The zero-order valence-corrected chi connectivity index (χ0v) is 20.5. The van der Waals surface area contributed by atoms with E-state index in [2.05, 4.69) is 16.1 Å². The van der Waals surface area contributed by atoms with Gasteiger partial charge in [0.15, 0.2) is 0 Å². The van der Waals surface area contributed by atoms with Gasteiger partial charge in [-0.1, -0.05) is 36.4 Å². The van der Waals surface area contributed by atoms with Crippen LogP contribution in [-0.2, 0) is 46.9 Å². The van der Waals surface area contributed by atoms with Crippen molar-refractivity contribution in [3.63, 3.8) is 0 Å². The summed E-state index contributed by atoms with van der Waals surface area (Å²) in [5, 5.41) is 14.1. The number of benzene rings is 3. The Labute approximate surface area is 209 Å². The van der Waals surface area contributed by atoms with Gasteiger partial charge in [-0.05, 0) is 84.9 Å². The Morgan fingerprint density at radius 1 is 0.917 bits per heavy atom. The number of carbonyl (C=O) groups excluding carboxylic acids is 1. The fourth-order valence-electron chi connectivity index (χ4n) is 5.22. The van der Waals surface area contributed by atoms with E-state index in [0.717, 1.165) is 61.9 Å². The first-order chi connectivity index (χ1) is 17.3. The van der Waals surface area contributed by atoms with Crippen molar-refractivity contribution in [2.75, 3.05) is 5.32 Å². The number of nitro groups is 1. The number of sulfonamides is 1. The lowest BCUT2D eigenvalue weighted by molar-refractivity contribution is -0.384. The summed E-state index contributed by atoms with van der Waals surface area (Å²) in [6.07, 6.45) is 6.03. The van der Waals surface area contributed by atoms with E-state index in [-0.39, 0.29) is 17.0 Å². The van der Waals surface area contributed by atoms with Gasteiger partial charge in [0.2, 0.25) is 15.9 Å². The van der Waals surface area contributed by atoms with Crippen molar-refractivity contribution < 1.29 is 18.1 Å². The molecule has 0 aliphatic heterocycles. The lowest BCUT2D eigenvalue weighted by Crippen LogP contribution is -2.45. The summed E-state index contributed by atoms with van der Waals surface area (Å²) in [7, 11) is -4.12. The molecule has 0 fully saturated rings. The summed E-state index contributed by atoms with van der Waals surface area (Å²) in [6.45, 7) is 0. The Morgan fingerprint density at radius 3 is 2.11 bits per heavy atom. The Balaban J connectivity index is 1.45. The Kier molecular flexibility index (Phi) is 6.59. The normalized spacial score (nSPS) is 15.2. The molecule has 0 saturated heterocycles. The van der Waals surface area contributed by atoms with Gasteiger partial charge in [0.1, 0.15) is 6.04 Å². The van der Waals surface area contributed by atoms with Gasteiger partial charge >= 0.3 is 0 Å². The molecule has 0 bridgehead atoms. The van der Waals surface area contributed by atoms with Crippen molar-refractivity contribution in [3.05, 3.63) is 98.6 Å². The first kappa shape index (κ1) is 24.1. The van der Waals surface area contributed by atoms with Gasteiger partial charge in [-0.15, -0.1) is 0 Å². The van der Waals surface area contributed by atoms with Crippen LogP contribution in [0.3, 0.4) is 0 Å². The van der Waals surface area contributed by atoms with E-state index in [0.29, 0.717) is 0 Å². The topological polar surface area (TPSA) is 118 Å². The van der Waals surface area contributed by atoms with E-state index in [1.807, 2.05) is 30.3 Å². The molecule has 3 aromatic carbocycles. The summed E-state index contributed by atoms with van der Waals surface area (Å²) >= 11 is 0. The van der Waals surface area contributed by atoms with Gasteiger partial charge < -0.3 is 5.32 Å². The number of hydrogen-bond donors (Lipinski definition) is 2. The number of fused-ring (bicyclic) bond motifs is 2. The van der Waals surface area contributed by atoms with Crippen LogP contribution in [0.2, 0.25) is 0 Å². The minimum absolute atomic E-state index is 0.138. The fourth-order valence-corrected chi connectivity index (χ4v) is 6.41. The standard InChI is InChI=1S/C27H27N3O5S/c31-27(28-26-23-10-4-8-19(23)17-20-9-5-11-24(20)26)25(16-18-6-2-1-3-7-18)29-36(34,35)22-14-12-21(13-15-22)30(32)33/h1-3,6-7,12-15,17,25,29H,4-5,8-11,16H2,(H,28,31)/t25-/m1/s1. The highest BCUT2D eigenvalue weighted by molar-refractivity contribution is 7.89. The average molecular weight is 506 g/mol. The van der Waals surface area contributed by atoms with E-state index in [4.69, 9.17) is 0 Å². The molecule has 8 nitrogen and oxygen atoms in total. The Hall–Kier alpha value is -3.56. The lowest BCUT2D eigenvalue weighted by Gasteiger charge is -2.22. The van der Waals surface area contributed by atoms with Crippen LogP contribution in [0.4, 0.5) is 11.4 Å². The second kappa shape index (κ2) is 9.83. The molecule has 2 aliphatic rings. The first-order valence-corrected chi connectivity index (χ1v) is 13.6. The molecule has 0 aromatic heterocycles. The highest BCUT2D eigenvalue weighted by Crippen LogP contribution is 2.38. The summed E-state index contributed by atoms with van der Waals surface area (Å²) in [5.41, 5.74) is 6.34. The molecule has 0 heterocycles. The minimum Gasteiger partial charge on any atom is -0.324 e. The number of nitrogens with one attached hydrogen (secondary N) is 2. The second-order valence-corrected chi connectivity index (χ2v) is 11.1. The van der Waals surface area contributed by atoms with Gasteiger partial charge in [-0.25, -0.2) is 8.42 Å². The summed E-state index contributed by atoms with van der Waals surface area (Å²) < 4.78 is 28.9. The molecule has 0 unspecified atom stereocenters.